The van der Waals surface area contributed by atoms with Gasteiger partial charge in [-0.05, 0) is 27.2 Å². The number of thiazole rings is 1. The zero-order valence-electron chi connectivity index (χ0n) is 12.2. The summed E-state index contributed by atoms with van der Waals surface area (Å²) >= 11 is 1.64. The number of hydrogen-bond acceptors (Lipinski definition) is 4. The van der Waals surface area contributed by atoms with Gasteiger partial charge in [-0.25, -0.2) is 4.98 Å². The minimum atomic E-state index is -0.0817. The average Bonchev–Trinajstić information content (AvgIpc) is 2.92. The van der Waals surface area contributed by atoms with Crippen LogP contribution in [0.2, 0.25) is 0 Å². The molecule has 2 heterocycles. The summed E-state index contributed by atoms with van der Waals surface area (Å²) in [5.74, 6) is 0.138. The van der Waals surface area contributed by atoms with E-state index in [1.54, 1.807) is 16.2 Å². The van der Waals surface area contributed by atoms with Gasteiger partial charge in [-0.2, -0.15) is 0 Å². The van der Waals surface area contributed by atoms with Gasteiger partial charge in [0.2, 0.25) is 11.8 Å². The molecule has 0 aliphatic carbocycles. The molecule has 0 saturated carbocycles. The number of rotatable bonds is 5. The second-order valence-corrected chi connectivity index (χ2v) is 6.61. The molecule has 2 amide bonds. The molecule has 1 aliphatic heterocycles. The van der Waals surface area contributed by atoms with E-state index in [9.17, 15) is 9.59 Å². The van der Waals surface area contributed by atoms with E-state index in [2.05, 4.69) is 10.3 Å². The molecule has 6 heteroatoms. The largest absolute Gasteiger partial charge is 0.348 e. The fourth-order valence-electron chi connectivity index (χ4n) is 2.51. The highest BCUT2D eigenvalue weighted by Crippen LogP contribution is 2.22. The van der Waals surface area contributed by atoms with E-state index in [0.717, 1.165) is 28.5 Å². The molecule has 1 aromatic heterocycles. The number of likely N-dealkylation sites (tertiary alicyclic amines) is 1. The lowest BCUT2D eigenvalue weighted by molar-refractivity contribution is -0.128. The van der Waals surface area contributed by atoms with Gasteiger partial charge in [0.1, 0.15) is 0 Å². The van der Waals surface area contributed by atoms with E-state index in [1.807, 2.05) is 20.8 Å². The van der Waals surface area contributed by atoms with Crippen LogP contribution in [0.4, 0.5) is 0 Å². The van der Waals surface area contributed by atoms with E-state index < -0.39 is 0 Å². The Bertz CT molecular complexity index is 513. The first-order valence-corrected chi connectivity index (χ1v) is 7.80. The fraction of sp³-hybridized carbons (Fsp3) is 0.643. The molecule has 20 heavy (non-hydrogen) atoms. The van der Waals surface area contributed by atoms with Gasteiger partial charge in [0, 0.05) is 30.8 Å². The number of carbonyl (C=O) groups is 2. The van der Waals surface area contributed by atoms with Crippen LogP contribution in [-0.2, 0) is 9.59 Å². The monoisotopic (exact) mass is 295 g/mol. The van der Waals surface area contributed by atoms with Crippen molar-refractivity contribution in [1.29, 1.82) is 0 Å². The van der Waals surface area contributed by atoms with Crippen molar-refractivity contribution < 1.29 is 9.59 Å². The number of aryl methyl sites for hydroxylation is 2. The summed E-state index contributed by atoms with van der Waals surface area (Å²) in [4.78, 5) is 30.8. The molecule has 0 aromatic carbocycles. The summed E-state index contributed by atoms with van der Waals surface area (Å²) in [6.45, 7) is 7.24. The summed E-state index contributed by atoms with van der Waals surface area (Å²) < 4.78 is 0. The average molecular weight is 295 g/mol. The molecule has 0 unspecified atom stereocenters. The maximum Gasteiger partial charge on any atom is 0.222 e. The predicted octanol–water partition coefficient (Wildman–Crippen LogP) is 1.95. The van der Waals surface area contributed by atoms with Crippen LogP contribution < -0.4 is 5.32 Å². The van der Waals surface area contributed by atoms with Crippen molar-refractivity contribution in [2.75, 3.05) is 13.1 Å². The lowest BCUT2D eigenvalue weighted by Gasteiger charge is -2.17. The first-order chi connectivity index (χ1) is 9.47. The number of hydrogen-bond donors (Lipinski definition) is 1. The molecule has 0 radical (unpaired) electrons. The van der Waals surface area contributed by atoms with E-state index in [0.29, 0.717) is 19.4 Å². The molecule has 110 valence electrons. The number of nitrogens with zero attached hydrogens (tertiary/aromatic N) is 2. The van der Waals surface area contributed by atoms with Gasteiger partial charge in [0.15, 0.2) is 0 Å². The predicted molar refractivity (Wildman–Crippen MR) is 78.6 cm³/mol. The van der Waals surface area contributed by atoms with Crippen molar-refractivity contribution in [3.8, 4) is 0 Å². The van der Waals surface area contributed by atoms with Gasteiger partial charge in [-0.1, -0.05) is 0 Å². The number of amides is 2. The van der Waals surface area contributed by atoms with E-state index in [4.69, 9.17) is 0 Å². The van der Waals surface area contributed by atoms with Gasteiger partial charge in [-0.15, -0.1) is 11.3 Å². The van der Waals surface area contributed by atoms with Crippen molar-refractivity contribution in [3.05, 3.63) is 15.6 Å². The molecule has 0 spiro atoms. The highest BCUT2D eigenvalue weighted by atomic mass is 32.1. The lowest BCUT2D eigenvalue weighted by atomic mass is 10.2. The zero-order chi connectivity index (χ0) is 14.7. The van der Waals surface area contributed by atoms with Crippen LogP contribution in [0.15, 0.2) is 0 Å². The summed E-state index contributed by atoms with van der Waals surface area (Å²) in [6.07, 6.45) is 1.89. The van der Waals surface area contributed by atoms with Gasteiger partial charge in [0.25, 0.3) is 0 Å². The summed E-state index contributed by atoms with van der Waals surface area (Å²) in [6, 6.07) is -0.0817. The maximum atomic E-state index is 11.9. The second-order valence-electron chi connectivity index (χ2n) is 5.20. The van der Waals surface area contributed by atoms with Crippen molar-refractivity contribution in [3.63, 3.8) is 0 Å². The molecule has 2 rings (SSSR count). The van der Waals surface area contributed by atoms with Crippen LogP contribution in [0, 0.1) is 13.8 Å². The molecule has 1 aromatic rings. The summed E-state index contributed by atoms with van der Waals surface area (Å²) in [5.41, 5.74) is 0.943. The number of aromatic nitrogens is 1. The SMILES string of the molecule is Cc1nc([C@H](C)NC(=O)CCN2CCCC2=O)c(C)s1. The molecular formula is C14H21N3O2S. The Morgan fingerprint density at radius 2 is 2.25 bits per heavy atom. The highest BCUT2D eigenvalue weighted by Gasteiger charge is 2.21. The first-order valence-electron chi connectivity index (χ1n) is 6.98. The molecule has 0 bridgehead atoms. The Labute approximate surface area is 123 Å². The smallest absolute Gasteiger partial charge is 0.222 e. The third-order valence-electron chi connectivity index (χ3n) is 3.51. The van der Waals surface area contributed by atoms with Crippen LogP contribution in [-0.4, -0.2) is 34.8 Å². The summed E-state index contributed by atoms with van der Waals surface area (Å²) in [7, 11) is 0. The quantitative estimate of drug-likeness (QED) is 0.903. The standard InChI is InChI=1S/C14H21N3O2S/c1-9(14-10(2)20-11(3)16-14)15-12(18)6-8-17-7-4-5-13(17)19/h9H,4-8H2,1-3H3,(H,15,18)/t9-/m0/s1. The van der Waals surface area contributed by atoms with Gasteiger partial charge in [0.05, 0.1) is 16.7 Å². The minimum absolute atomic E-state index is 0.0257. The Balaban J connectivity index is 1.82. The summed E-state index contributed by atoms with van der Waals surface area (Å²) in [5, 5.41) is 3.97. The van der Waals surface area contributed by atoms with E-state index in [-0.39, 0.29) is 17.9 Å². The minimum Gasteiger partial charge on any atom is -0.348 e. The molecular weight excluding hydrogens is 274 g/mol. The fourth-order valence-corrected chi connectivity index (χ4v) is 3.42. The van der Waals surface area contributed by atoms with Crippen molar-refractivity contribution >= 4 is 23.2 Å². The van der Waals surface area contributed by atoms with Crippen molar-refractivity contribution in [2.45, 2.75) is 46.1 Å². The first kappa shape index (κ1) is 15.0. The highest BCUT2D eigenvalue weighted by molar-refractivity contribution is 7.11. The van der Waals surface area contributed by atoms with E-state index in [1.165, 1.54) is 0 Å². The molecule has 5 nitrogen and oxygen atoms in total. The Morgan fingerprint density at radius 3 is 2.80 bits per heavy atom. The normalized spacial score (nSPS) is 16.6. The van der Waals surface area contributed by atoms with E-state index >= 15 is 0 Å². The molecule has 1 N–H and O–H groups in total. The topological polar surface area (TPSA) is 62.3 Å². The second kappa shape index (κ2) is 6.35. The van der Waals surface area contributed by atoms with Crippen molar-refractivity contribution in [1.82, 2.24) is 15.2 Å². The Morgan fingerprint density at radius 1 is 1.50 bits per heavy atom. The maximum absolute atomic E-state index is 11.9. The lowest BCUT2D eigenvalue weighted by Crippen LogP contribution is -2.33. The van der Waals surface area contributed by atoms with Gasteiger partial charge >= 0.3 is 0 Å². The molecule has 1 saturated heterocycles. The number of carbonyl (C=O) groups excluding carboxylic acids is 2. The molecule has 1 aliphatic rings. The Hall–Kier alpha value is -1.43. The van der Waals surface area contributed by atoms with Crippen LogP contribution in [0.5, 0.6) is 0 Å². The van der Waals surface area contributed by atoms with Crippen LogP contribution in [0.25, 0.3) is 0 Å². The molecule has 1 fully saturated rings. The number of nitrogens with one attached hydrogen (secondary N) is 1. The van der Waals surface area contributed by atoms with Crippen LogP contribution in [0.3, 0.4) is 0 Å². The van der Waals surface area contributed by atoms with Gasteiger partial charge in [-0.3, -0.25) is 9.59 Å². The third kappa shape index (κ3) is 3.56. The van der Waals surface area contributed by atoms with Gasteiger partial charge < -0.3 is 10.2 Å². The molecule has 1 atom stereocenters. The Kier molecular flexibility index (Phi) is 4.75. The van der Waals surface area contributed by atoms with Crippen LogP contribution in [0.1, 0.15) is 47.8 Å². The zero-order valence-corrected chi connectivity index (χ0v) is 13.0. The van der Waals surface area contributed by atoms with Crippen molar-refractivity contribution in [2.24, 2.45) is 0 Å². The van der Waals surface area contributed by atoms with Crippen LogP contribution >= 0.6 is 11.3 Å². The third-order valence-corrected chi connectivity index (χ3v) is 4.41.